The molecule has 1 N–H and O–H groups in total. The van der Waals surface area contributed by atoms with Gasteiger partial charge in [0.25, 0.3) is 5.91 Å². The number of anilines is 2. The molecule has 0 spiro atoms. The normalized spacial score (nSPS) is 14.7. The molecule has 4 heteroatoms. The SMILES string of the molecule is CC(C)(C)c1ccccc1NC(=O)c1cncc(N2CCCC2)c1. The second kappa shape index (κ2) is 6.63. The highest BCUT2D eigenvalue weighted by Crippen LogP contribution is 2.29. The summed E-state index contributed by atoms with van der Waals surface area (Å²) in [6.45, 7) is 8.52. The van der Waals surface area contributed by atoms with Crippen LogP contribution < -0.4 is 10.2 Å². The van der Waals surface area contributed by atoms with Gasteiger partial charge in [-0.3, -0.25) is 9.78 Å². The van der Waals surface area contributed by atoms with Crippen LogP contribution >= 0.6 is 0 Å². The fourth-order valence-electron chi connectivity index (χ4n) is 3.14. The molecule has 4 nitrogen and oxygen atoms in total. The minimum absolute atomic E-state index is 0.0283. The Morgan fingerprint density at radius 2 is 1.83 bits per heavy atom. The summed E-state index contributed by atoms with van der Waals surface area (Å²) in [6.07, 6.45) is 5.88. The second-order valence-electron chi connectivity index (χ2n) is 7.38. The van der Waals surface area contributed by atoms with Crippen molar-refractivity contribution in [1.29, 1.82) is 0 Å². The summed E-state index contributed by atoms with van der Waals surface area (Å²) in [5.74, 6) is -0.111. The summed E-state index contributed by atoms with van der Waals surface area (Å²) in [7, 11) is 0. The molecule has 1 aliphatic heterocycles. The van der Waals surface area contributed by atoms with Gasteiger partial charge in [-0.25, -0.2) is 0 Å². The largest absolute Gasteiger partial charge is 0.370 e. The summed E-state index contributed by atoms with van der Waals surface area (Å²) in [5.41, 5.74) is 3.59. The zero-order valence-electron chi connectivity index (χ0n) is 14.7. The number of pyridine rings is 1. The zero-order chi connectivity index (χ0) is 17.2. The van der Waals surface area contributed by atoms with Crippen molar-refractivity contribution in [3.8, 4) is 0 Å². The molecule has 2 aromatic rings. The molecule has 0 aliphatic carbocycles. The Morgan fingerprint density at radius 1 is 1.12 bits per heavy atom. The van der Waals surface area contributed by atoms with Crippen molar-refractivity contribution in [2.24, 2.45) is 0 Å². The molecule has 1 aromatic heterocycles. The Bertz CT molecular complexity index is 728. The fraction of sp³-hybridized carbons (Fsp3) is 0.400. The van der Waals surface area contributed by atoms with Crippen molar-refractivity contribution in [2.45, 2.75) is 39.0 Å². The topological polar surface area (TPSA) is 45.2 Å². The van der Waals surface area contributed by atoms with E-state index in [9.17, 15) is 4.79 Å². The number of benzene rings is 1. The van der Waals surface area contributed by atoms with E-state index in [-0.39, 0.29) is 11.3 Å². The summed E-state index contributed by atoms with van der Waals surface area (Å²) >= 11 is 0. The minimum Gasteiger partial charge on any atom is -0.370 e. The van der Waals surface area contributed by atoms with E-state index in [0.717, 1.165) is 30.0 Å². The van der Waals surface area contributed by atoms with Gasteiger partial charge in [-0.1, -0.05) is 39.0 Å². The lowest BCUT2D eigenvalue weighted by Crippen LogP contribution is -2.21. The first-order valence-corrected chi connectivity index (χ1v) is 8.56. The molecule has 1 aromatic carbocycles. The Labute approximate surface area is 143 Å². The van der Waals surface area contributed by atoms with E-state index in [4.69, 9.17) is 0 Å². The van der Waals surface area contributed by atoms with Crippen molar-refractivity contribution in [3.05, 3.63) is 53.9 Å². The second-order valence-corrected chi connectivity index (χ2v) is 7.38. The van der Waals surface area contributed by atoms with E-state index in [1.807, 2.05) is 30.5 Å². The number of hydrogen-bond donors (Lipinski definition) is 1. The predicted octanol–water partition coefficient (Wildman–Crippen LogP) is 4.23. The Kier molecular flexibility index (Phi) is 4.56. The number of carbonyl (C=O) groups is 1. The summed E-state index contributed by atoms with van der Waals surface area (Å²) in [6, 6.07) is 9.91. The molecule has 3 rings (SSSR count). The van der Waals surface area contributed by atoms with Gasteiger partial charge in [-0.05, 0) is 36.0 Å². The Morgan fingerprint density at radius 3 is 2.54 bits per heavy atom. The molecule has 1 fully saturated rings. The highest BCUT2D eigenvalue weighted by atomic mass is 16.1. The molecule has 0 bridgehead atoms. The van der Waals surface area contributed by atoms with Gasteiger partial charge in [0.1, 0.15) is 0 Å². The third-order valence-corrected chi connectivity index (χ3v) is 4.44. The first kappa shape index (κ1) is 16.5. The van der Waals surface area contributed by atoms with Crippen LogP contribution in [0.5, 0.6) is 0 Å². The van der Waals surface area contributed by atoms with Crippen molar-refractivity contribution in [3.63, 3.8) is 0 Å². The first-order chi connectivity index (χ1) is 11.4. The van der Waals surface area contributed by atoms with Crippen LogP contribution in [0.4, 0.5) is 11.4 Å². The van der Waals surface area contributed by atoms with Gasteiger partial charge in [0.05, 0.1) is 17.4 Å². The van der Waals surface area contributed by atoms with Crippen LogP contribution in [-0.2, 0) is 5.41 Å². The number of amides is 1. The van der Waals surface area contributed by atoms with Gasteiger partial charge in [0.2, 0.25) is 0 Å². The van der Waals surface area contributed by atoms with Gasteiger partial charge >= 0.3 is 0 Å². The monoisotopic (exact) mass is 323 g/mol. The number of aromatic nitrogens is 1. The lowest BCUT2D eigenvalue weighted by molar-refractivity contribution is 0.102. The first-order valence-electron chi connectivity index (χ1n) is 8.56. The zero-order valence-corrected chi connectivity index (χ0v) is 14.7. The molecule has 0 radical (unpaired) electrons. The van der Waals surface area contributed by atoms with Crippen molar-refractivity contribution in [2.75, 3.05) is 23.3 Å². The number of carbonyl (C=O) groups excluding carboxylic acids is 1. The van der Waals surface area contributed by atoms with Gasteiger partial charge in [-0.2, -0.15) is 0 Å². The number of rotatable bonds is 3. The summed E-state index contributed by atoms with van der Waals surface area (Å²) in [5, 5.41) is 3.05. The molecule has 0 unspecified atom stereocenters. The predicted molar refractivity (Wildman–Crippen MR) is 98.8 cm³/mol. The molecule has 1 aliphatic rings. The van der Waals surface area contributed by atoms with Crippen molar-refractivity contribution in [1.82, 2.24) is 4.98 Å². The van der Waals surface area contributed by atoms with Crippen LogP contribution in [0.15, 0.2) is 42.7 Å². The highest BCUT2D eigenvalue weighted by molar-refractivity contribution is 6.05. The van der Waals surface area contributed by atoms with Gasteiger partial charge in [0.15, 0.2) is 0 Å². The highest BCUT2D eigenvalue weighted by Gasteiger charge is 2.20. The average Bonchev–Trinajstić information content (AvgIpc) is 3.09. The molecular formula is C20H25N3O. The molecule has 0 saturated carbocycles. The number of hydrogen-bond acceptors (Lipinski definition) is 3. The van der Waals surface area contributed by atoms with E-state index in [2.05, 4.69) is 42.0 Å². The maximum atomic E-state index is 12.7. The van der Waals surface area contributed by atoms with Crippen LogP contribution in [0, 0.1) is 0 Å². The molecule has 2 heterocycles. The van der Waals surface area contributed by atoms with E-state index in [1.54, 1.807) is 6.20 Å². The maximum absolute atomic E-state index is 12.7. The number of nitrogens with zero attached hydrogens (tertiary/aromatic N) is 2. The Hall–Kier alpha value is -2.36. The molecule has 1 amide bonds. The third-order valence-electron chi connectivity index (χ3n) is 4.44. The third kappa shape index (κ3) is 3.58. The van der Waals surface area contributed by atoms with E-state index in [0.29, 0.717) is 5.56 Å². The standard InChI is InChI=1S/C20H25N3O/c1-20(2,3)17-8-4-5-9-18(17)22-19(24)15-12-16(14-21-13-15)23-10-6-7-11-23/h4-5,8-9,12-14H,6-7,10-11H2,1-3H3,(H,22,24). The van der Waals surface area contributed by atoms with Crippen LogP contribution in [0.25, 0.3) is 0 Å². The van der Waals surface area contributed by atoms with E-state index >= 15 is 0 Å². The van der Waals surface area contributed by atoms with Crippen molar-refractivity contribution < 1.29 is 4.79 Å². The molecule has 0 atom stereocenters. The lowest BCUT2D eigenvalue weighted by Gasteiger charge is -2.23. The summed E-state index contributed by atoms with van der Waals surface area (Å²) in [4.78, 5) is 19.2. The minimum atomic E-state index is -0.111. The summed E-state index contributed by atoms with van der Waals surface area (Å²) < 4.78 is 0. The van der Waals surface area contributed by atoms with Gasteiger partial charge in [0, 0.05) is 25.0 Å². The van der Waals surface area contributed by atoms with Crippen molar-refractivity contribution >= 4 is 17.3 Å². The van der Waals surface area contributed by atoms with E-state index in [1.165, 1.54) is 12.8 Å². The fourth-order valence-corrected chi connectivity index (χ4v) is 3.14. The molecule has 1 saturated heterocycles. The number of nitrogens with one attached hydrogen (secondary N) is 1. The van der Waals surface area contributed by atoms with Crippen LogP contribution in [0.2, 0.25) is 0 Å². The Balaban J connectivity index is 1.82. The molecule has 24 heavy (non-hydrogen) atoms. The number of para-hydroxylation sites is 1. The van der Waals surface area contributed by atoms with Gasteiger partial charge < -0.3 is 10.2 Å². The van der Waals surface area contributed by atoms with Gasteiger partial charge in [-0.15, -0.1) is 0 Å². The van der Waals surface area contributed by atoms with E-state index < -0.39 is 0 Å². The molecule has 126 valence electrons. The van der Waals surface area contributed by atoms with Crippen LogP contribution in [-0.4, -0.2) is 24.0 Å². The average molecular weight is 323 g/mol. The maximum Gasteiger partial charge on any atom is 0.257 e. The lowest BCUT2D eigenvalue weighted by atomic mass is 9.86. The van der Waals surface area contributed by atoms with Crippen LogP contribution in [0.3, 0.4) is 0 Å². The van der Waals surface area contributed by atoms with Crippen LogP contribution in [0.1, 0.15) is 49.5 Å². The molecular weight excluding hydrogens is 298 g/mol. The quantitative estimate of drug-likeness (QED) is 0.919. The smallest absolute Gasteiger partial charge is 0.257 e.